The number of benzene rings is 1. The third kappa shape index (κ3) is 3.22. The second kappa shape index (κ2) is 6.92. The zero-order chi connectivity index (χ0) is 18.1. The number of fused-ring (bicyclic) bond motifs is 1. The van der Waals surface area contributed by atoms with Crippen LogP contribution in [-0.2, 0) is 22.6 Å². The predicted molar refractivity (Wildman–Crippen MR) is 104 cm³/mol. The molecule has 6 nitrogen and oxygen atoms in total. The summed E-state index contributed by atoms with van der Waals surface area (Å²) < 4.78 is 2.16. The van der Waals surface area contributed by atoms with Crippen LogP contribution in [0.15, 0.2) is 35.8 Å². The molecule has 134 valence electrons. The predicted octanol–water partition coefficient (Wildman–Crippen LogP) is 3.43. The number of thiazole rings is 1. The molecule has 1 aliphatic heterocycles. The maximum absolute atomic E-state index is 12.3. The number of hydrogen-bond acceptors (Lipinski definition) is 4. The molecule has 4 rings (SSSR count). The molecule has 2 aromatic heterocycles. The van der Waals surface area contributed by atoms with E-state index < -0.39 is 0 Å². The molecule has 1 aromatic carbocycles. The van der Waals surface area contributed by atoms with Crippen molar-refractivity contribution in [1.29, 1.82) is 0 Å². The van der Waals surface area contributed by atoms with E-state index in [1.165, 1.54) is 11.3 Å². The van der Waals surface area contributed by atoms with Crippen molar-refractivity contribution in [2.75, 3.05) is 16.8 Å². The van der Waals surface area contributed by atoms with Gasteiger partial charge in [-0.3, -0.25) is 14.5 Å². The van der Waals surface area contributed by atoms with Crippen LogP contribution in [0, 0.1) is 0 Å². The summed E-state index contributed by atoms with van der Waals surface area (Å²) in [5, 5.41) is 6.58. The Morgan fingerprint density at radius 3 is 3.00 bits per heavy atom. The number of aromatic nitrogens is 2. The quantitative estimate of drug-likeness (QED) is 0.750. The Kier molecular flexibility index (Phi) is 4.46. The summed E-state index contributed by atoms with van der Waals surface area (Å²) in [5.41, 5.74) is 2.63. The lowest BCUT2D eigenvalue weighted by Gasteiger charge is -2.10. The number of carbonyl (C=O) groups is 2. The van der Waals surface area contributed by atoms with Crippen molar-refractivity contribution in [3.8, 4) is 0 Å². The smallest absolute Gasteiger partial charge is 0.230 e. The number of amides is 2. The molecule has 0 saturated carbocycles. The van der Waals surface area contributed by atoms with Crippen molar-refractivity contribution in [1.82, 2.24) is 9.55 Å². The SMILES string of the molecule is CCn1ccc2cc(NC(=O)Cc3csc(N4CCCC4=O)n3)ccc21. The van der Waals surface area contributed by atoms with Gasteiger partial charge in [-0.15, -0.1) is 11.3 Å². The first-order valence-corrected chi connectivity index (χ1v) is 9.65. The standard InChI is InChI=1S/C19H20N4O2S/c1-2-22-9-7-13-10-14(5-6-16(13)22)20-17(24)11-15-12-26-19(21-15)23-8-3-4-18(23)25/h5-7,9-10,12H,2-4,8,11H2,1H3,(H,20,24). The number of nitrogens with one attached hydrogen (secondary N) is 1. The average Bonchev–Trinajstić information content (AvgIpc) is 3.33. The van der Waals surface area contributed by atoms with E-state index >= 15 is 0 Å². The summed E-state index contributed by atoms with van der Waals surface area (Å²) in [6.07, 6.45) is 3.70. The minimum absolute atomic E-state index is 0.108. The van der Waals surface area contributed by atoms with Gasteiger partial charge in [-0.2, -0.15) is 0 Å². The lowest BCUT2D eigenvalue weighted by molar-refractivity contribution is -0.117. The molecule has 0 radical (unpaired) electrons. The van der Waals surface area contributed by atoms with Crippen LogP contribution in [0.25, 0.3) is 10.9 Å². The molecule has 0 unspecified atom stereocenters. The van der Waals surface area contributed by atoms with Crippen molar-refractivity contribution in [3.63, 3.8) is 0 Å². The molecule has 3 aromatic rings. The molecular formula is C19H20N4O2S. The highest BCUT2D eigenvalue weighted by molar-refractivity contribution is 7.14. The Labute approximate surface area is 155 Å². The Hall–Kier alpha value is -2.67. The van der Waals surface area contributed by atoms with Crippen molar-refractivity contribution >= 4 is 44.9 Å². The zero-order valence-corrected chi connectivity index (χ0v) is 15.4. The summed E-state index contributed by atoms with van der Waals surface area (Å²) in [5.74, 6) is 0.00606. The Morgan fingerprint density at radius 2 is 2.23 bits per heavy atom. The molecule has 0 aliphatic carbocycles. The first-order valence-electron chi connectivity index (χ1n) is 8.77. The molecule has 0 atom stereocenters. The van der Waals surface area contributed by atoms with Crippen LogP contribution in [0.2, 0.25) is 0 Å². The van der Waals surface area contributed by atoms with Crippen LogP contribution >= 0.6 is 11.3 Å². The van der Waals surface area contributed by atoms with Crippen LogP contribution in [0.5, 0.6) is 0 Å². The summed E-state index contributed by atoms with van der Waals surface area (Å²) in [6.45, 7) is 3.74. The van der Waals surface area contributed by atoms with Gasteiger partial charge in [0, 0.05) is 47.7 Å². The van der Waals surface area contributed by atoms with Crippen LogP contribution in [-0.4, -0.2) is 27.9 Å². The van der Waals surface area contributed by atoms with Gasteiger partial charge in [-0.05, 0) is 37.6 Å². The van der Waals surface area contributed by atoms with Crippen molar-refractivity contribution < 1.29 is 9.59 Å². The molecule has 7 heteroatoms. The third-order valence-corrected chi connectivity index (χ3v) is 5.49. The maximum atomic E-state index is 12.3. The highest BCUT2D eigenvalue weighted by atomic mass is 32.1. The maximum Gasteiger partial charge on any atom is 0.230 e. The van der Waals surface area contributed by atoms with Crippen LogP contribution in [0.4, 0.5) is 10.8 Å². The molecule has 1 N–H and O–H groups in total. The largest absolute Gasteiger partial charge is 0.348 e. The van der Waals surface area contributed by atoms with E-state index in [4.69, 9.17) is 0 Å². The Balaban J connectivity index is 1.42. The summed E-state index contributed by atoms with van der Waals surface area (Å²) in [4.78, 5) is 30.3. The van der Waals surface area contributed by atoms with E-state index in [2.05, 4.69) is 21.8 Å². The number of hydrogen-bond donors (Lipinski definition) is 1. The average molecular weight is 368 g/mol. The van der Waals surface area contributed by atoms with Gasteiger partial charge in [0.15, 0.2) is 5.13 Å². The molecule has 1 fully saturated rings. The first kappa shape index (κ1) is 16.8. The van der Waals surface area contributed by atoms with Gasteiger partial charge in [-0.25, -0.2) is 4.98 Å². The van der Waals surface area contributed by atoms with Gasteiger partial charge in [-0.1, -0.05) is 0 Å². The van der Waals surface area contributed by atoms with Crippen LogP contribution in [0.3, 0.4) is 0 Å². The highest BCUT2D eigenvalue weighted by Gasteiger charge is 2.24. The van der Waals surface area contributed by atoms with Crippen LogP contribution in [0.1, 0.15) is 25.5 Å². The highest BCUT2D eigenvalue weighted by Crippen LogP contribution is 2.26. The lowest BCUT2D eigenvalue weighted by atomic mass is 10.2. The molecule has 2 amide bonds. The van der Waals surface area contributed by atoms with Crippen LogP contribution < -0.4 is 10.2 Å². The van der Waals surface area contributed by atoms with E-state index in [0.717, 1.165) is 36.1 Å². The summed E-state index contributed by atoms with van der Waals surface area (Å²) >= 11 is 1.42. The topological polar surface area (TPSA) is 67.2 Å². The number of aryl methyl sites for hydroxylation is 1. The Morgan fingerprint density at radius 1 is 1.35 bits per heavy atom. The fourth-order valence-electron chi connectivity index (χ4n) is 3.28. The second-order valence-electron chi connectivity index (χ2n) is 6.37. The fourth-order valence-corrected chi connectivity index (χ4v) is 4.14. The van der Waals surface area contributed by atoms with E-state index in [-0.39, 0.29) is 18.2 Å². The second-order valence-corrected chi connectivity index (χ2v) is 7.21. The molecule has 1 aliphatic rings. The van der Waals surface area contributed by atoms with Gasteiger partial charge in [0.2, 0.25) is 11.8 Å². The number of rotatable bonds is 5. The molecule has 0 bridgehead atoms. The van der Waals surface area contributed by atoms with E-state index in [9.17, 15) is 9.59 Å². The van der Waals surface area contributed by atoms with E-state index in [1.54, 1.807) is 4.90 Å². The van der Waals surface area contributed by atoms with Crippen molar-refractivity contribution in [2.45, 2.75) is 32.7 Å². The summed E-state index contributed by atoms with van der Waals surface area (Å²) in [7, 11) is 0. The van der Waals surface area contributed by atoms with E-state index in [1.807, 2.05) is 35.8 Å². The molecular weight excluding hydrogens is 348 g/mol. The van der Waals surface area contributed by atoms with E-state index in [0.29, 0.717) is 17.2 Å². The molecule has 26 heavy (non-hydrogen) atoms. The van der Waals surface area contributed by atoms with Crippen molar-refractivity contribution in [3.05, 3.63) is 41.5 Å². The third-order valence-electron chi connectivity index (χ3n) is 4.58. The first-order chi connectivity index (χ1) is 12.6. The number of carbonyl (C=O) groups excluding carboxylic acids is 2. The molecule has 3 heterocycles. The minimum Gasteiger partial charge on any atom is -0.348 e. The fraction of sp³-hybridized carbons (Fsp3) is 0.316. The normalized spacial score (nSPS) is 14.3. The van der Waals surface area contributed by atoms with Gasteiger partial charge >= 0.3 is 0 Å². The Bertz CT molecular complexity index is 975. The molecule has 0 spiro atoms. The van der Waals surface area contributed by atoms with Gasteiger partial charge < -0.3 is 9.88 Å². The summed E-state index contributed by atoms with van der Waals surface area (Å²) in [6, 6.07) is 7.97. The van der Waals surface area contributed by atoms with Crippen molar-refractivity contribution in [2.24, 2.45) is 0 Å². The zero-order valence-electron chi connectivity index (χ0n) is 14.6. The van der Waals surface area contributed by atoms with Gasteiger partial charge in [0.05, 0.1) is 12.1 Å². The lowest BCUT2D eigenvalue weighted by Crippen LogP contribution is -2.23. The van der Waals surface area contributed by atoms with Gasteiger partial charge in [0.25, 0.3) is 0 Å². The minimum atomic E-state index is -0.108. The molecule has 1 saturated heterocycles. The van der Waals surface area contributed by atoms with Gasteiger partial charge in [0.1, 0.15) is 0 Å². The monoisotopic (exact) mass is 368 g/mol. The number of nitrogens with zero attached hydrogens (tertiary/aromatic N) is 3. The number of anilines is 2.